The van der Waals surface area contributed by atoms with Crippen LogP contribution >= 0.6 is 0 Å². The molecule has 2 aromatic rings. The molecule has 0 bridgehead atoms. The molecule has 1 aromatic carbocycles. The van der Waals surface area contributed by atoms with Gasteiger partial charge in [0.15, 0.2) is 0 Å². The summed E-state index contributed by atoms with van der Waals surface area (Å²) in [5.74, 6) is -2.05. The molecule has 0 spiro atoms. The number of aromatic nitrogens is 1. The Morgan fingerprint density at radius 1 is 1.29 bits per heavy atom. The number of aromatic amines is 1. The van der Waals surface area contributed by atoms with Gasteiger partial charge in [0.1, 0.15) is 5.69 Å². The fourth-order valence-electron chi connectivity index (χ4n) is 2.34. The van der Waals surface area contributed by atoms with Crippen LogP contribution in [0.2, 0.25) is 0 Å². The number of aromatic carboxylic acids is 1. The van der Waals surface area contributed by atoms with Crippen LogP contribution in [0.4, 0.5) is 13.2 Å². The molecule has 1 aromatic heterocycles. The van der Waals surface area contributed by atoms with E-state index in [1.165, 1.54) is 6.07 Å². The van der Waals surface area contributed by atoms with E-state index in [1.807, 2.05) is 0 Å². The quantitative estimate of drug-likeness (QED) is 0.780. The molecule has 128 valence electrons. The Bertz CT molecular complexity index is 753. The van der Waals surface area contributed by atoms with Gasteiger partial charge in [-0.2, -0.15) is 13.2 Å². The number of amides is 1. The zero-order valence-corrected chi connectivity index (χ0v) is 12.6. The zero-order valence-electron chi connectivity index (χ0n) is 12.6. The number of hydrogen-bond acceptors (Lipinski definition) is 2. The third kappa shape index (κ3) is 4.37. The summed E-state index contributed by atoms with van der Waals surface area (Å²) in [5, 5.41) is 11.1. The van der Waals surface area contributed by atoms with Gasteiger partial charge in [0.25, 0.3) is 5.91 Å². The second kappa shape index (κ2) is 6.77. The molecule has 1 atom stereocenters. The summed E-state index contributed by atoms with van der Waals surface area (Å²) in [6.45, 7) is 1.66. The van der Waals surface area contributed by atoms with Crippen LogP contribution in [0, 0.1) is 6.92 Å². The van der Waals surface area contributed by atoms with Crippen molar-refractivity contribution in [1.29, 1.82) is 0 Å². The number of H-pyrrole nitrogens is 1. The van der Waals surface area contributed by atoms with Crippen LogP contribution in [0.1, 0.15) is 44.4 Å². The van der Waals surface area contributed by atoms with E-state index < -0.39 is 30.5 Å². The first-order valence-corrected chi connectivity index (χ1v) is 7.02. The number of hydrogen-bond donors (Lipinski definition) is 3. The first-order chi connectivity index (χ1) is 11.2. The van der Waals surface area contributed by atoms with Gasteiger partial charge >= 0.3 is 12.1 Å². The Hall–Kier alpha value is -2.77. The number of aryl methyl sites for hydroxylation is 1. The van der Waals surface area contributed by atoms with Crippen LogP contribution in [-0.4, -0.2) is 28.1 Å². The summed E-state index contributed by atoms with van der Waals surface area (Å²) >= 11 is 0. The molecule has 8 heteroatoms. The second-order valence-electron chi connectivity index (χ2n) is 5.31. The molecule has 0 radical (unpaired) electrons. The van der Waals surface area contributed by atoms with Gasteiger partial charge in [0, 0.05) is 6.20 Å². The number of carboxylic acids is 1. The number of carbonyl (C=O) groups excluding carboxylic acids is 1. The lowest BCUT2D eigenvalue weighted by molar-refractivity contribution is -0.139. The van der Waals surface area contributed by atoms with Gasteiger partial charge in [-0.25, -0.2) is 4.79 Å². The van der Waals surface area contributed by atoms with Crippen molar-refractivity contribution >= 4 is 11.9 Å². The number of carbonyl (C=O) groups is 2. The molecular formula is C16H15F3N2O3. The highest BCUT2D eigenvalue weighted by atomic mass is 19.4. The van der Waals surface area contributed by atoms with E-state index >= 15 is 0 Å². The molecule has 0 aliphatic carbocycles. The molecule has 24 heavy (non-hydrogen) atoms. The van der Waals surface area contributed by atoms with E-state index in [0.29, 0.717) is 11.1 Å². The molecule has 0 fully saturated rings. The van der Waals surface area contributed by atoms with Gasteiger partial charge in [-0.05, 0) is 24.1 Å². The molecular weight excluding hydrogens is 325 g/mol. The van der Waals surface area contributed by atoms with Crippen molar-refractivity contribution in [2.75, 3.05) is 0 Å². The minimum Gasteiger partial charge on any atom is -0.477 e. The Morgan fingerprint density at radius 3 is 2.50 bits per heavy atom. The van der Waals surface area contributed by atoms with Crippen molar-refractivity contribution in [2.24, 2.45) is 0 Å². The molecule has 0 aliphatic heterocycles. The highest BCUT2D eigenvalue weighted by Crippen LogP contribution is 2.31. The predicted molar refractivity (Wildman–Crippen MR) is 79.8 cm³/mol. The summed E-state index contributed by atoms with van der Waals surface area (Å²) < 4.78 is 38.6. The Labute approximate surface area is 135 Å². The number of carboxylic acid groups (broad SMARTS) is 1. The number of halogens is 3. The Morgan fingerprint density at radius 2 is 1.96 bits per heavy atom. The first kappa shape index (κ1) is 17.6. The van der Waals surface area contributed by atoms with Gasteiger partial charge in [-0.3, -0.25) is 4.79 Å². The molecule has 2 rings (SSSR count). The fourth-order valence-corrected chi connectivity index (χ4v) is 2.34. The van der Waals surface area contributed by atoms with Crippen molar-refractivity contribution in [3.05, 3.63) is 58.9 Å². The van der Waals surface area contributed by atoms with Gasteiger partial charge in [-0.1, -0.05) is 24.3 Å². The molecule has 1 heterocycles. The molecule has 0 aliphatic rings. The third-order valence-corrected chi connectivity index (χ3v) is 3.48. The number of rotatable bonds is 5. The molecule has 0 saturated carbocycles. The molecule has 1 amide bonds. The van der Waals surface area contributed by atoms with Gasteiger partial charge in [-0.15, -0.1) is 0 Å². The monoisotopic (exact) mass is 340 g/mol. The second-order valence-corrected chi connectivity index (χ2v) is 5.31. The van der Waals surface area contributed by atoms with Crippen LogP contribution in [0.25, 0.3) is 0 Å². The van der Waals surface area contributed by atoms with Crippen molar-refractivity contribution < 1.29 is 27.9 Å². The third-order valence-electron chi connectivity index (χ3n) is 3.48. The standard InChI is InChI=1S/C16H15F3N2O3/c1-9-4-2-3-5-11(9)13(7-16(17,18)19)21-14(22)10-6-12(15(23)24)20-8-10/h2-6,8,13,20H,7H2,1H3,(H,21,22)(H,23,24). The van der Waals surface area contributed by atoms with E-state index in [1.54, 1.807) is 25.1 Å². The largest absolute Gasteiger partial charge is 0.477 e. The summed E-state index contributed by atoms with van der Waals surface area (Å²) in [6, 6.07) is 6.27. The van der Waals surface area contributed by atoms with Crippen molar-refractivity contribution in [2.45, 2.75) is 25.6 Å². The van der Waals surface area contributed by atoms with Crippen LogP contribution in [0.3, 0.4) is 0 Å². The Kier molecular flexibility index (Phi) is 4.96. The molecule has 0 saturated heterocycles. The number of nitrogens with one attached hydrogen (secondary N) is 2. The predicted octanol–water partition coefficient (Wildman–Crippen LogP) is 3.44. The van der Waals surface area contributed by atoms with Gasteiger partial charge in [0.05, 0.1) is 18.0 Å². The van der Waals surface area contributed by atoms with Crippen LogP contribution in [0.15, 0.2) is 36.5 Å². The maximum Gasteiger partial charge on any atom is 0.391 e. The SMILES string of the molecule is Cc1ccccc1C(CC(F)(F)F)NC(=O)c1c[nH]c(C(=O)O)c1. The zero-order chi connectivity index (χ0) is 17.9. The summed E-state index contributed by atoms with van der Waals surface area (Å²) in [7, 11) is 0. The minimum absolute atomic E-state index is 0.0480. The van der Waals surface area contributed by atoms with Crippen molar-refractivity contribution in [1.82, 2.24) is 10.3 Å². The molecule has 5 nitrogen and oxygen atoms in total. The van der Waals surface area contributed by atoms with E-state index in [-0.39, 0.29) is 11.3 Å². The minimum atomic E-state index is -4.47. The lowest BCUT2D eigenvalue weighted by Gasteiger charge is -2.22. The fraction of sp³-hybridized carbons (Fsp3) is 0.250. The van der Waals surface area contributed by atoms with E-state index in [4.69, 9.17) is 5.11 Å². The normalized spacial score (nSPS) is 12.7. The van der Waals surface area contributed by atoms with Crippen molar-refractivity contribution in [3.63, 3.8) is 0 Å². The summed E-state index contributed by atoms with van der Waals surface area (Å²) in [4.78, 5) is 25.3. The number of alkyl halides is 3. The molecule has 3 N–H and O–H groups in total. The average Bonchev–Trinajstić information content (AvgIpc) is 2.95. The smallest absolute Gasteiger partial charge is 0.391 e. The van der Waals surface area contributed by atoms with Crippen molar-refractivity contribution in [3.8, 4) is 0 Å². The first-order valence-electron chi connectivity index (χ1n) is 7.02. The Balaban J connectivity index is 2.26. The summed E-state index contributed by atoms with van der Waals surface area (Å²) in [6.07, 6.45) is -4.55. The topological polar surface area (TPSA) is 82.2 Å². The lowest BCUT2D eigenvalue weighted by atomic mass is 9.98. The van der Waals surface area contributed by atoms with Crippen LogP contribution in [0.5, 0.6) is 0 Å². The van der Waals surface area contributed by atoms with Gasteiger partial charge < -0.3 is 15.4 Å². The highest BCUT2D eigenvalue weighted by Gasteiger charge is 2.34. The highest BCUT2D eigenvalue weighted by molar-refractivity contribution is 5.97. The van der Waals surface area contributed by atoms with Crippen LogP contribution < -0.4 is 5.32 Å². The maximum atomic E-state index is 12.9. The number of benzene rings is 1. The van der Waals surface area contributed by atoms with Gasteiger partial charge in [0.2, 0.25) is 0 Å². The summed E-state index contributed by atoms with van der Waals surface area (Å²) in [5.41, 5.74) is 0.709. The maximum absolute atomic E-state index is 12.9. The van der Waals surface area contributed by atoms with E-state index in [9.17, 15) is 22.8 Å². The molecule has 1 unspecified atom stereocenters. The van der Waals surface area contributed by atoms with E-state index in [2.05, 4.69) is 10.3 Å². The lowest BCUT2D eigenvalue weighted by Crippen LogP contribution is -2.32. The van der Waals surface area contributed by atoms with Crippen LogP contribution in [-0.2, 0) is 0 Å². The van der Waals surface area contributed by atoms with E-state index in [0.717, 1.165) is 12.3 Å². The average molecular weight is 340 g/mol.